The zero-order valence-corrected chi connectivity index (χ0v) is 14.1. The number of ketones is 1. The summed E-state index contributed by atoms with van der Waals surface area (Å²) in [6.07, 6.45) is 4.26. The van der Waals surface area contributed by atoms with Gasteiger partial charge >= 0.3 is 5.97 Å². The lowest BCUT2D eigenvalue weighted by molar-refractivity contribution is -0.384. The van der Waals surface area contributed by atoms with Gasteiger partial charge in [-0.3, -0.25) is 14.9 Å². The van der Waals surface area contributed by atoms with Gasteiger partial charge in [0.05, 0.1) is 16.4 Å². The van der Waals surface area contributed by atoms with E-state index in [0.29, 0.717) is 11.1 Å². The molecule has 138 valence electrons. The van der Waals surface area contributed by atoms with Crippen molar-refractivity contribution >= 4 is 17.4 Å². The van der Waals surface area contributed by atoms with Crippen molar-refractivity contribution < 1.29 is 29.1 Å². The van der Waals surface area contributed by atoms with Crippen molar-refractivity contribution in [3.63, 3.8) is 0 Å². The molecule has 3 aliphatic rings. The molecular weight excluding hydrogens is 366 g/mol. The highest BCUT2D eigenvalue weighted by Crippen LogP contribution is 2.57. The van der Waals surface area contributed by atoms with E-state index in [9.17, 15) is 24.8 Å². The highest BCUT2D eigenvalue weighted by atomic mass is 16.6. The second-order valence-electron chi connectivity index (χ2n) is 6.68. The first kappa shape index (κ1) is 16.2. The van der Waals surface area contributed by atoms with Gasteiger partial charge in [-0.25, -0.2) is 4.79 Å². The minimum absolute atomic E-state index is 0.0566. The Balaban J connectivity index is 1.83. The van der Waals surface area contributed by atoms with Gasteiger partial charge in [0.15, 0.2) is 11.4 Å². The van der Waals surface area contributed by atoms with E-state index >= 15 is 0 Å². The topological polar surface area (TPSA) is 116 Å². The maximum atomic E-state index is 12.7. The van der Waals surface area contributed by atoms with Gasteiger partial charge in [0.2, 0.25) is 0 Å². The molecule has 28 heavy (non-hydrogen) atoms. The van der Waals surface area contributed by atoms with E-state index in [1.165, 1.54) is 42.5 Å². The van der Waals surface area contributed by atoms with Gasteiger partial charge in [0, 0.05) is 35.4 Å². The largest absolute Gasteiger partial charge is 0.508 e. The number of carbonyl (C=O) groups is 2. The summed E-state index contributed by atoms with van der Waals surface area (Å²) in [4.78, 5) is 35.1. The fourth-order valence-corrected chi connectivity index (χ4v) is 4.02. The monoisotopic (exact) mass is 377 g/mol. The van der Waals surface area contributed by atoms with Crippen molar-refractivity contribution in [2.45, 2.75) is 5.60 Å². The van der Waals surface area contributed by atoms with Gasteiger partial charge in [-0.05, 0) is 24.3 Å². The first-order valence-corrected chi connectivity index (χ1v) is 8.37. The summed E-state index contributed by atoms with van der Waals surface area (Å²) in [6, 6.07) is 8.36. The molecule has 1 spiro atoms. The molecule has 0 radical (unpaired) electrons. The van der Waals surface area contributed by atoms with E-state index in [1.807, 2.05) is 0 Å². The van der Waals surface area contributed by atoms with Crippen LogP contribution in [-0.2, 0) is 15.1 Å². The number of aromatic hydroxyl groups is 1. The van der Waals surface area contributed by atoms with Gasteiger partial charge < -0.3 is 14.6 Å². The average Bonchev–Trinajstić information content (AvgIpc) is 2.94. The number of non-ortho nitro benzene ring substituents is 1. The van der Waals surface area contributed by atoms with Crippen LogP contribution in [-0.4, -0.2) is 21.8 Å². The van der Waals surface area contributed by atoms with Crippen molar-refractivity contribution in [3.05, 3.63) is 87.2 Å². The summed E-state index contributed by atoms with van der Waals surface area (Å²) in [5.74, 6) is -1.16. The molecular formula is C20H11NO7. The lowest BCUT2D eigenvalue weighted by atomic mass is 9.71. The van der Waals surface area contributed by atoms with Gasteiger partial charge in [-0.1, -0.05) is 6.08 Å². The molecule has 0 bridgehead atoms. The molecule has 2 aromatic rings. The average molecular weight is 377 g/mol. The number of phenolic OH excluding ortho intramolecular Hbond substituents is 1. The molecule has 8 heteroatoms. The lowest BCUT2D eigenvalue weighted by Crippen LogP contribution is -2.42. The number of esters is 1. The number of hydrogen-bond donors (Lipinski definition) is 1. The van der Waals surface area contributed by atoms with E-state index in [1.54, 1.807) is 12.1 Å². The highest BCUT2D eigenvalue weighted by molar-refractivity contribution is 6.01. The summed E-state index contributed by atoms with van der Waals surface area (Å²) >= 11 is 0. The molecule has 0 fully saturated rings. The first-order valence-electron chi connectivity index (χ1n) is 8.37. The Labute approximate surface area is 157 Å². The van der Waals surface area contributed by atoms with Crippen LogP contribution in [0.1, 0.15) is 21.5 Å². The third-order valence-corrected chi connectivity index (χ3v) is 5.16. The van der Waals surface area contributed by atoms with E-state index in [-0.39, 0.29) is 34.3 Å². The van der Waals surface area contributed by atoms with Gasteiger partial charge in [0.25, 0.3) is 5.69 Å². The lowest BCUT2D eigenvalue weighted by Gasteiger charge is -2.42. The fraction of sp³-hybridized carbons (Fsp3) is 0.100. The van der Waals surface area contributed by atoms with E-state index in [0.717, 1.165) is 0 Å². The molecule has 1 N–H and O–H groups in total. The summed E-state index contributed by atoms with van der Waals surface area (Å²) < 4.78 is 11.7. The Kier molecular flexibility index (Phi) is 3.07. The van der Waals surface area contributed by atoms with Crippen molar-refractivity contribution in [3.8, 4) is 11.5 Å². The number of nitrogens with zero attached hydrogens (tertiary/aromatic N) is 1. The van der Waals surface area contributed by atoms with Crippen molar-refractivity contribution in [1.29, 1.82) is 0 Å². The SMILES string of the molecule is O=C1C=C[C@@H]2C(=C1)Oc1cc(O)ccc1[C@@]21OC(=O)c2cc([N+](=O)[O-])ccc21. The number of phenols is 1. The number of nitro benzene ring substituents is 1. The second kappa shape index (κ2) is 5.29. The molecule has 0 saturated carbocycles. The maximum Gasteiger partial charge on any atom is 0.340 e. The maximum absolute atomic E-state index is 12.7. The molecule has 8 nitrogen and oxygen atoms in total. The summed E-state index contributed by atoms with van der Waals surface area (Å²) in [7, 11) is 0. The Morgan fingerprint density at radius 2 is 1.89 bits per heavy atom. The van der Waals surface area contributed by atoms with Crippen LogP contribution in [0.3, 0.4) is 0 Å². The van der Waals surface area contributed by atoms with E-state index in [2.05, 4.69) is 0 Å². The second-order valence-corrected chi connectivity index (χ2v) is 6.68. The van der Waals surface area contributed by atoms with Crippen LogP contribution in [0.25, 0.3) is 0 Å². The van der Waals surface area contributed by atoms with Crippen molar-refractivity contribution in [1.82, 2.24) is 0 Å². The van der Waals surface area contributed by atoms with Gasteiger partial charge in [-0.15, -0.1) is 0 Å². The number of ether oxygens (including phenoxy) is 2. The van der Waals surface area contributed by atoms with Crippen LogP contribution in [0.5, 0.6) is 11.5 Å². The van der Waals surface area contributed by atoms with E-state index < -0.39 is 22.4 Å². The molecule has 0 saturated heterocycles. The summed E-state index contributed by atoms with van der Waals surface area (Å²) in [5, 5.41) is 21.0. The van der Waals surface area contributed by atoms with Crippen LogP contribution in [0, 0.1) is 16.0 Å². The molecule has 2 atom stereocenters. The fourth-order valence-electron chi connectivity index (χ4n) is 4.02. The van der Waals surface area contributed by atoms with Crippen molar-refractivity contribution in [2.24, 2.45) is 5.92 Å². The number of hydrogen-bond acceptors (Lipinski definition) is 7. The number of carbonyl (C=O) groups excluding carboxylic acids is 2. The van der Waals surface area contributed by atoms with Crippen LogP contribution >= 0.6 is 0 Å². The highest BCUT2D eigenvalue weighted by Gasteiger charge is 2.58. The summed E-state index contributed by atoms with van der Waals surface area (Å²) in [6.45, 7) is 0. The first-order chi connectivity index (χ1) is 13.4. The molecule has 0 amide bonds. The zero-order valence-electron chi connectivity index (χ0n) is 14.1. The molecule has 1 aliphatic carbocycles. The quantitative estimate of drug-likeness (QED) is 0.461. The minimum Gasteiger partial charge on any atom is -0.508 e. The predicted molar refractivity (Wildman–Crippen MR) is 93.7 cm³/mol. The molecule has 0 unspecified atom stereocenters. The minimum atomic E-state index is -1.36. The van der Waals surface area contributed by atoms with Crippen LogP contribution in [0.15, 0.2) is 60.4 Å². The predicted octanol–water partition coefficient (Wildman–Crippen LogP) is 2.75. The van der Waals surface area contributed by atoms with Crippen LogP contribution in [0.4, 0.5) is 5.69 Å². The Morgan fingerprint density at radius 1 is 1.11 bits per heavy atom. The third-order valence-electron chi connectivity index (χ3n) is 5.16. The standard InChI is InChI=1S/C20H11NO7/c22-11-2-5-15-17(8-11)27-18-9-12(23)3-6-16(18)20(15)14-4-1-10(21(25)26)7-13(14)19(24)28-20/h1-9,15,23H/t15-,20+/m1/s1. The molecule has 2 aromatic carbocycles. The van der Waals surface area contributed by atoms with Crippen LogP contribution < -0.4 is 4.74 Å². The summed E-state index contributed by atoms with van der Waals surface area (Å²) in [5.41, 5.74) is -0.581. The molecule has 2 heterocycles. The smallest absolute Gasteiger partial charge is 0.340 e. The molecule has 5 rings (SSSR count). The Bertz CT molecular complexity index is 1160. The number of allylic oxidation sites excluding steroid dienone is 2. The van der Waals surface area contributed by atoms with Gasteiger partial charge in [-0.2, -0.15) is 0 Å². The Hall–Kier alpha value is -3.94. The number of benzene rings is 2. The zero-order chi connectivity index (χ0) is 19.6. The number of nitro groups is 1. The van der Waals surface area contributed by atoms with Crippen molar-refractivity contribution in [2.75, 3.05) is 0 Å². The molecule has 2 aliphatic heterocycles. The molecule has 0 aromatic heterocycles. The van der Waals surface area contributed by atoms with Gasteiger partial charge in [0.1, 0.15) is 17.3 Å². The van der Waals surface area contributed by atoms with Crippen LogP contribution in [0.2, 0.25) is 0 Å². The number of rotatable bonds is 1. The Morgan fingerprint density at radius 3 is 2.68 bits per heavy atom. The number of fused-ring (bicyclic) bond motifs is 6. The third kappa shape index (κ3) is 1.99. The normalized spacial score (nSPS) is 24.0. The van der Waals surface area contributed by atoms with E-state index in [4.69, 9.17) is 9.47 Å².